The van der Waals surface area contributed by atoms with Gasteiger partial charge >= 0.3 is 0 Å². The van der Waals surface area contributed by atoms with Gasteiger partial charge in [0.05, 0.1) is 14.6 Å². The number of benzene rings is 8. The molecule has 14 aromatic heterocycles. The SMILES string of the molecule is CCCCCCc1cc(C=C(C#N)C#N)sc1-c1cc(CCCCCC)c(-c2cc(CCCCCC)c(-c3cc(-c4ccc(-c5cc(-c6ccc7c(c6)c6ccccc6n7CCCC)c(-c6ccc(-c7ccc8c(c7)c7ccccc7n8CCCC)s6)s5)s4)c(-c4ccc(-c5cc(-c6ccc7c(c6)c6ccccc6n7CCCC)c(-c6ccc(-c7ccc8c(c7)c7ccccc7n8CCCC)s6)s5)s4)s3)s2)s1. The van der Waals surface area contributed by atoms with Crippen molar-refractivity contribution in [2.75, 3.05) is 0 Å². The van der Waals surface area contributed by atoms with Crippen molar-refractivity contribution in [3.8, 4) is 144 Å². The molecule has 0 saturated carbocycles. The lowest BCUT2D eigenvalue weighted by atomic mass is 10.0. The van der Waals surface area contributed by atoms with Gasteiger partial charge < -0.3 is 18.3 Å². The summed E-state index contributed by atoms with van der Waals surface area (Å²) in [6, 6.07) is 104. The van der Waals surface area contributed by atoms with E-state index in [2.05, 4.69) is 334 Å². The fourth-order valence-electron chi connectivity index (χ4n) is 21.5. The number of aromatic nitrogens is 4. The minimum Gasteiger partial charge on any atom is -0.340 e. The molecule has 0 N–H and O–H groups in total. The highest BCUT2D eigenvalue weighted by Crippen LogP contribution is 2.58. The molecule has 6 nitrogen and oxygen atoms in total. The molecule has 14 heterocycles. The summed E-state index contributed by atoms with van der Waals surface area (Å²) in [5.41, 5.74) is 23.7. The lowest BCUT2D eigenvalue weighted by Gasteiger charge is -2.07. The Balaban J connectivity index is 0.701. The van der Waals surface area contributed by atoms with E-state index in [0.29, 0.717) is 0 Å². The number of unbranched alkanes of at least 4 members (excludes halogenated alkanes) is 13. The Morgan fingerprint density at radius 2 is 0.514 bits per heavy atom. The van der Waals surface area contributed by atoms with E-state index in [1.165, 1.54) is 293 Å². The minimum absolute atomic E-state index is 0.147. The second-order valence-electron chi connectivity index (χ2n) is 38.4. The van der Waals surface area contributed by atoms with Crippen LogP contribution in [0.15, 0.2) is 260 Å². The molecule has 0 spiro atoms. The van der Waals surface area contributed by atoms with Gasteiger partial charge in [-0.05, 0) is 267 Å². The van der Waals surface area contributed by atoms with Gasteiger partial charge in [0.25, 0.3) is 0 Å². The van der Waals surface area contributed by atoms with Crippen LogP contribution in [0.5, 0.6) is 0 Å². The van der Waals surface area contributed by atoms with Gasteiger partial charge in [0.15, 0.2) is 0 Å². The van der Waals surface area contributed by atoms with Crippen LogP contribution in [0.4, 0.5) is 0 Å². The zero-order chi connectivity index (χ0) is 96.4. The molecule has 0 saturated heterocycles. The molecule has 0 bridgehead atoms. The molecule has 0 radical (unpaired) electrons. The van der Waals surface area contributed by atoms with Gasteiger partial charge in [-0.15, -0.1) is 113 Å². The molecule has 0 fully saturated rings. The Bertz CT molecular complexity index is 8100. The Hall–Kier alpha value is -11.3. The van der Waals surface area contributed by atoms with Crippen molar-refractivity contribution in [3.63, 3.8) is 0 Å². The van der Waals surface area contributed by atoms with Crippen molar-refractivity contribution in [1.29, 1.82) is 10.5 Å². The van der Waals surface area contributed by atoms with Gasteiger partial charge in [-0.25, -0.2) is 0 Å². The molecule has 0 unspecified atom stereocenters. The normalized spacial score (nSPS) is 12.0. The Labute approximate surface area is 875 Å². The molecule has 0 atom stereocenters. The fraction of sp³-hybridized carbons (Fsp3) is 0.270. The predicted octanol–water partition coefficient (Wildman–Crippen LogP) is 42.4. The van der Waals surface area contributed by atoms with Crippen molar-refractivity contribution in [3.05, 3.63) is 282 Å². The summed E-state index contributed by atoms with van der Waals surface area (Å²) in [7, 11) is 0. The van der Waals surface area contributed by atoms with E-state index < -0.39 is 0 Å². The van der Waals surface area contributed by atoms with Crippen LogP contribution >= 0.6 is 113 Å². The molecule has 0 aliphatic rings. The number of aryl methyl sites for hydroxylation is 7. The number of fused-ring (bicyclic) bond motifs is 12. The van der Waals surface area contributed by atoms with Crippen molar-refractivity contribution < 1.29 is 0 Å². The molecule has 142 heavy (non-hydrogen) atoms. The summed E-state index contributed by atoms with van der Waals surface area (Å²) in [5.74, 6) is 0. The highest BCUT2D eigenvalue weighted by atomic mass is 32.1. The van der Waals surface area contributed by atoms with Crippen LogP contribution in [0.3, 0.4) is 0 Å². The van der Waals surface area contributed by atoms with Crippen LogP contribution in [0.1, 0.15) is 198 Å². The quantitative estimate of drug-likeness (QED) is 0.0283. The third-order valence-electron chi connectivity index (χ3n) is 28.8. The average molecular weight is 2040 g/mol. The molecule has 22 aromatic rings. The second kappa shape index (κ2) is 42.9. The van der Waals surface area contributed by atoms with Crippen LogP contribution < -0.4 is 0 Å². The van der Waals surface area contributed by atoms with Crippen molar-refractivity contribution in [2.24, 2.45) is 0 Å². The largest absolute Gasteiger partial charge is 0.340 e. The maximum Gasteiger partial charge on any atom is 0.131 e. The summed E-state index contributed by atoms with van der Waals surface area (Å²) < 4.78 is 10.2. The summed E-state index contributed by atoms with van der Waals surface area (Å²) in [4.78, 5) is 25.8. The zero-order valence-corrected chi connectivity index (χ0v) is 90.3. The average Bonchev–Trinajstić information content (AvgIpc) is 1.58. The van der Waals surface area contributed by atoms with Crippen LogP contribution in [-0.4, -0.2) is 18.3 Å². The van der Waals surface area contributed by atoms with E-state index in [1.54, 1.807) is 11.3 Å². The van der Waals surface area contributed by atoms with E-state index in [1.807, 2.05) is 108 Å². The second-order valence-corrected chi connectivity index (χ2v) is 49.1. The topological polar surface area (TPSA) is 67.3 Å². The van der Waals surface area contributed by atoms with Crippen LogP contribution in [0.25, 0.3) is 225 Å². The molecule has 8 aromatic carbocycles. The van der Waals surface area contributed by atoms with E-state index in [4.69, 9.17) is 0 Å². The number of nitriles is 2. The first-order valence-electron chi connectivity index (χ1n) is 51.8. The van der Waals surface area contributed by atoms with Gasteiger partial charge in [0.1, 0.15) is 17.7 Å². The third-order valence-corrected chi connectivity index (χ3v) is 41.6. The summed E-state index contributed by atoms with van der Waals surface area (Å²) in [6.45, 7) is 20.1. The Morgan fingerprint density at radius 3 is 0.901 bits per heavy atom. The summed E-state index contributed by atoms with van der Waals surface area (Å²) in [5, 5.41) is 30.7. The standard InChI is InChI=1S/C126H118N6S10/c1-8-15-22-25-36-85-68-88(67-80(78-127)79-128)133-121(85)118-73-86(37-26-23-16-9-2)122(140-118)119-74-87(38-27-24-17-10-3)123(141-119)120-77-99(110-57-58-111(136-110)116-75-93(81-47-51-104-95(69-81)89-39-28-32-43-100(89)129(104)63-18-11-4)124(138-116)113-60-55-108(134-113)83-49-53-106-97(71-83)91-41-30-34-45-102(91)131(106)65-20-13-6)126(142-120)115-62-59-112(137-115)117-76-94(82-48-52-105-96(70-82)90-40-29-33-44-101(90)130(105)64-19-12-5)125(139-117)114-61-56-109(135-114)84-50-54-107-98(72-84)92-42-31-35-46-103(92)132(107)66-21-14-7/h28-35,39-62,67-77H,8-27,36-38,63-66H2,1-7H3. The van der Waals surface area contributed by atoms with E-state index in [9.17, 15) is 10.5 Å². The molecular formula is C126H118N6S10. The number of para-hydroxylation sites is 4. The molecule has 0 aliphatic carbocycles. The third kappa shape index (κ3) is 18.7. The molecule has 712 valence electrons. The van der Waals surface area contributed by atoms with Crippen molar-refractivity contribution in [2.45, 2.75) is 222 Å². The van der Waals surface area contributed by atoms with E-state index in [0.717, 1.165) is 121 Å². The van der Waals surface area contributed by atoms with Gasteiger partial charge in [0.2, 0.25) is 0 Å². The molecule has 0 aliphatic heterocycles. The maximum atomic E-state index is 10.1. The molecule has 16 heteroatoms. The lowest BCUT2D eigenvalue weighted by molar-refractivity contribution is 0.665. The molecule has 0 amide bonds. The first-order valence-corrected chi connectivity index (χ1v) is 60.0. The van der Waals surface area contributed by atoms with Crippen LogP contribution in [0.2, 0.25) is 0 Å². The number of nitrogens with zero attached hydrogens (tertiary/aromatic N) is 6. The smallest absolute Gasteiger partial charge is 0.131 e. The number of allylic oxidation sites excluding steroid dienone is 1. The minimum atomic E-state index is 0.147. The number of rotatable bonds is 41. The number of hydrogen-bond acceptors (Lipinski definition) is 12. The van der Waals surface area contributed by atoms with Gasteiger partial charge in [-0.1, -0.05) is 229 Å². The first kappa shape index (κ1) is 95.5. The number of thiophene rings is 10. The number of hydrogen-bond donors (Lipinski definition) is 0. The Morgan fingerprint density at radius 1 is 0.225 bits per heavy atom. The van der Waals surface area contributed by atoms with Crippen molar-refractivity contribution in [1.82, 2.24) is 18.3 Å². The maximum absolute atomic E-state index is 10.1. The predicted molar refractivity (Wildman–Crippen MR) is 630 cm³/mol. The highest BCUT2D eigenvalue weighted by Gasteiger charge is 2.30. The monoisotopic (exact) mass is 2030 g/mol. The lowest BCUT2D eigenvalue weighted by Crippen LogP contribution is -1.96. The summed E-state index contributed by atoms with van der Waals surface area (Å²) >= 11 is 19.4. The van der Waals surface area contributed by atoms with E-state index in [-0.39, 0.29) is 5.57 Å². The summed E-state index contributed by atoms with van der Waals surface area (Å²) in [6.07, 6.45) is 28.1. The van der Waals surface area contributed by atoms with E-state index >= 15 is 0 Å². The fourth-order valence-corrected chi connectivity index (χ4v) is 33.6. The van der Waals surface area contributed by atoms with Crippen molar-refractivity contribution >= 4 is 207 Å². The molecular weight excluding hydrogens is 1920 g/mol. The van der Waals surface area contributed by atoms with Crippen LogP contribution in [-0.2, 0) is 45.4 Å². The van der Waals surface area contributed by atoms with Gasteiger partial charge in [-0.2, -0.15) is 10.5 Å². The van der Waals surface area contributed by atoms with Gasteiger partial charge in [0, 0.05) is 213 Å². The van der Waals surface area contributed by atoms with Crippen LogP contribution in [0, 0.1) is 22.7 Å². The molecule has 22 rings (SSSR count). The first-order chi connectivity index (χ1) is 70.0. The Kier molecular flexibility index (Phi) is 28.9. The highest BCUT2D eigenvalue weighted by molar-refractivity contribution is 7.32. The zero-order valence-electron chi connectivity index (χ0n) is 82.2. The van der Waals surface area contributed by atoms with Gasteiger partial charge in [-0.3, -0.25) is 0 Å².